The molecule has 1 heterocycles. The number of thiophene rings is 1. The molecule has 0 N–H and O–H groups in total. The van der Waals surface area contributed by atoms with Crippen LogP contribution >= 0.6 is 22.9 Å². The van der Waals surface area contributed by atoms with Crippen molar-refractivity contribution in [1.29, 1.82) is 0 Å². The SMILES string of the molecule is COC(=O)c1sccc1N(C(=O)C(C)(C)CCl)[Si](C)(C)C. The molecule has 0 spiro atoms. The van der Waals surface area contributed by atoms with Crippen LogP contribution in [0.15, 0.2) is 11.4 Å². The van der Waals surface area contributed by atoms with Gasteiger partial charge < -0.3 is 9.30 Å². The molecule has 0 saturated heterocycles. The first-order valence-corrected chi connectivity index (χ1v) is 11.5. The molecule has 0 aliphatic carbocycles. The average molecular weight is 348 g/mol. The van der Waals surface area contributed by atoms with E-state index in [1.165, 1.54) is 18.4 Å². The Hall–Kier alpha value is -0.853. The summed E-state index contributed by atoms with van der Waals surface area (Å²) in [5.74, 6) is -0.246. The smallest absolute Gasteiger partial charge is 0.350 e. The minimum atomic E-state index is -2.05. The maximum Gasteiger partial charge on any atom is 0.350 e. The Balaban J connectivity index is 3.39. The van der Waals surface area contributed by atoms with Gasteiger partial charge in [0.2, 0.25) is 5.91 Å². The minimum Gasteiger partial charge on any atom is -0.465 e. The standard InChI is InChI=1S/C14H22ClNO3SSi/c1-14(2,9-15)13(18)16(21(4,5)6)10-7-8-20-11(10)12(17)19-3/h7-8H,9H2,1-6H3. The third-order valence-corrected chi connectivity index (χ3v) is 6.38. The zero-order chi connectivity index (χ0) is 16.4. The molecule has 21 heavy (non-hydrogen) atoms. The number of nitrogens with zero attached hydrogens (tertiary/aromatic N) is 1. The van der Waals surface area contributed by atoms with E-state index in [2.05, 4.69) is 19.6 Å². The number of carbonyl (C=O) groups excluding carboxylic acids is 2. The van der Waals surface area contributed by atoms with Crippen LogP contribution < -0.4 is 4.57 Å². The summed E-state index contributed by atoms with van der Waals surface area (Å²) < 4.78 is 6.59. The fourth-order valence-corrected chi connectivity index (χ4v) is 4.67. The number of anilines is 1. The lowest BCUT2D eigenvalue weighted by Gasteiger charge is -2.39. The van der Waals surface area contributed by atoms with Gasteiger partial charge in [0, 0.05) is 5.88 Å². The summed E-state index contributed by atoms with van der Waals surface area (Å²) in [5.41, 5.74) is -0.0498. The van der Waals surface area contributed by atoms with Crippen molar-refractivity contribution in [2.75, 3.05) is 17.6 Å². The summed E-state index contributed by atoms with van der Waals surface area (Å²) in [6.07, 6.45) is 0. The predicted octanol–water partition coefficient (Wildman–Crippen LogP) is 3.97. The first-order chi connectivity index (χ1) is 9.56. The largest absolute Gasteiger partial charge is 0.465 e. The number of hydrogen-bond acceptors (Lipinski definition) is 4. The fraction of sp³-hybridized carbons (Fsp3) is 0.571. The number of alkyl halides is 1. The molecule has 0 aromatic carbocycles. The van der Waals surface area contributed by atoms with Crippen LogP contribution in [0.25, 0.3) is 0 Å². The Labute approximate surface area is 136 Å². The van der Waals surface area contributed by atoms with Gasteiger partial charge in [-0.15, -0.1) is 22.9 Å². The van der Waals surface area contributed by atoms with Crippen molar-refractivity contribution >= 4 is 48.7 Å². The van der Waals surface area contributed by atoms with Gasteiger partial charge in [-0.3, -0.25) is 4.79 Å². The number of hydrogen-bond donors (Lipinski definition) is 0. The highest BCUT2D eigenvalue weighted by atomic mass is 35.5. The third-order valence-electron chi connectivity index (χ3n) is 3.04. The van der Waals surface area contributed by atoms with Gasteiger partial charge in [-0.1, -0.05) is 19.6 Å². The topological polar surface area (TPSA) is 46.6 Å². The van der Waals surface area contributed by atoms with E-state index in [9.17, 15) is 9.59 Å². The van der Waals surface area contributed by atoms with Crippen molar-refractivity contribution in [3.8, 4) is 0 Å². The average Bonchev–Trinajstić information content (AvgIpc) is 2.85. The summed E-state index contributed by atoms with van der Waals surface area (Å²) in [6, 6.07) is 1.80. The van der Waals surface area contributed by atoms with Gasteiger partial charge in [0.1, 0.15) is 4.88 Å². The zero-order valence-corrected chi connectivity index (χ0v) is 15.9. The molecular formula is C14H22ClNO3SSi. The lowest BCUT2D eigenvalue weighted by atomic mass is 9.95. The molecule has 118 valence electrons. The molecule has 1 rings (SSSR count). The second-order valence-corrected chi connectivity index (χ2v) is 12.4. The van der Waals surface area contributed by atoms with Crippen molar-refractivity contribution < 1.29 is 14.3 Å². The van der Waals surface area contributed by atoms with E-state index in [1.807, 2.05) is 13.8 Å². The van der Waals surface area contributed by atoms with E-state index in [0.29, 0.717) is 10.6 Å². The van der Waals surface area contributed by atoms with E-state index >= 15 is 0 Å². The quantitative estimate of drug-likeness (QED) is 0.460. The molecule has 1 aromatic heterocycles. The highest BCUT2D eigenvalue weighted by molar-refractivity contribution is 7.12. The van der Waals surface area contributed by atoms with Crippen molar-refractivity contribution in [3.63, 3.8) is 0 Å². The maximum absolute atomic E-state index is 12.9. The zero-order valence-electron chi connectivity index (χ0n) is 13.3. The van der Waals surface area contributed by atoms with Gasteiger partial charge in [-0.05, 0) is 25.3 Å². The summed E-state index contributed by atoms with van der Waals surface area (Å²) in [6.45, 7) is 9.83. The summed E-state index contributed by atoms with van der Waals surface area (Å²) >= 11 is 7.24. The maximum atomic E-state index is 12.9. The lowest BCUT2D eigenvalue weighted by Crippen LogP contribution is -2.55. The first kappa shape index (κ1) is 18.2. The van der Waals surface area contributed by atoms with Crippen LogP contribution in [0.2, 0.25) is 19.6 Å². The lowest BCUT2D eigenvalue weighted by molar-refractivity contribution is -0.124. The third kappa shape index (κ3) is 3.87. The number of ether oxygens (including phenoxy) is 1. The Morgan fingerprint density at radius 3 is 2.38 bits per heavy atom. The Bertz CT molecular complexity index is 537. The van der Waals surface area contributed by atoms with Gasteiger partial charge in [0.05, 0.1) is 18.2 Å². The van der Waals surface area contributed by atoms with Gasteiger partial charge in [-0.25, -0.2) is 4.79 Å². The number of methoxy groups -OCH3 is 1. The second kappa shape index (κ2) is 6.50. The van der Waals surface area contributed by atoms with Crippen LogP contribution in [0.4, 0.5) is 5.69 Å². The summed E-state index contributed by atoms with van der Waals surface area (Å²) in [7, 11) is -0.704. The molecule has 0 unspecified atom stereocenters. The van der Waals surface area contributed by atoms with Crippen LogP contribution in [0, 0.1) is 5.41 Å². The molecule has 7 heteroatoms. The summed E-state index contributed by atoms with van der Waals surface area (Å²) in [5, 5.41) is 1.80. The number of amides is 1. The van der Waals surface area contributed by atoms with Crippen LogP contribution in [-0.4, -0.2) is 33.1 Å². The van der Waals surface area contributed by atoms with E-state index < -0.39 is 19.6 Å². The molecule has 0 fully saturated rings. The Kier molecular flexibility index (Phi) is 5.63. The van der Waals surface area contributed by atoms with Crippen molar-refractivity contribution in [1.82, 2.24) is 0 Å². The van der Waals surface area contributed by atoms with E-state index in [1.54, 1.807) is 16.0 Å². The molecule has 0 radical (unpaired) electrons. The Morgan fingerprint density at radius 1 is 1.38 bits per heavy atom. The highest BCUT2D eigenvalue weighted by Crippen LogP contribution is 2.34. The number of rotatable bonds is 5. The molecule has 4 nitrogen and oxygen atoms in total. The number of carbonyl (C=O) groups is 2. The molecule has 0 aliphatic heterocycles. The normalized spacial score (nSPS) is 12.1. The van der Waals surface area contributed by atoms with Crippen LogP contribution in [0.3, 0.4) is 0 Å². The van der Waals surface area contributed by atoms with E-state index in [-0.39, 0.29) is 11.8 Å². The van der Waals surface area contributed by atoms with Crippen LogP contribution in [-0.2, 0) is 9.53 Å². The fourth-order valence-electron chi connectivity index (χ4n) is 1.86. The predicted molar refractivity (Wildman–Crippen MR) is 91.0 cm³/mol. The monoisotopic (exact) mass is 347 g/mol. The summed E-state index contributed by atoms with van der Waals surface area (Å²) in [4.78, 5) is 25.3. The van der Waals surface area contributed by atoms with Gasteiger partial charge in [0.15, 0.2) is 8.24 Å². The van der Waals surface area contributed by atoms with Crippen LogP contribution in [0.5, 0.6) is 0 Å². The first-order valence-electron chi connectivity index (χ1n) is 6.62. The Morgan fingerprint density at radius 2 is 1.95 bits per heavy atom. The molecule has 1 amide bonds. The van der Waals surface area contributed by atoms with Crippen molar-refractivity contribution in [2.24, 2.45) is 5.41 Å². The van der Waals surface area contributed by atoms with E-state index in [4.69, 9.17) is 16.3 Å². The van der Waals surface area contributed by atoms with Gasteiger partial charge in [0.25, 0.3) is 0 Å². The second-order valence-electron chi connectivity index (χ2n) is 6.46. The molecule has 1 aromatic rings. The van der Waals surface area contributed by atoms with Crippen molar-refractivity contribution in [2.45, 2.75) is 33.5 Å². The van der Waals surface area contributed by atoms with Crippen molar-refractivity contribution in [3.05, 3.63) is 16.3 Å². The number of esters is 1. The van der Waals surface area contributed by atoms with Crippen LogP contribution in [0.1, 0.15) is 23.5 Å². The van der Waals surface area contributed by atoms with Gasteiger partial charge in [-0.2, -0.15) is 0 Å². The molecule has 0 bridgehead atoms. The molecular weight excluding hydrogens is 326 g/mol. The minimum absolute atomic E-state index is 0.0554. The molecule has 0 saturated carbocycles. The number of halogens is 1. The molecule has 0 aliphatic rings. The van der Waals surface area contributed by atoms with E-state index in [0.717, 1.165) is 0 Å². The highest BCUT2D eigenvalue weighted by Gasteiger charge is 2.40. The molecule has 0 atom stereocenters. The van der Waals surface area contributed by atoms with Gasteiger partial charge >= 0.3 is 5.97 Å².